The smallest absolute Gasteiger partial charge is 0.406 e. The van der Waals surface area contributed by atoms with Gasteiger partial charge in [-0.3, -0.25) is 4.79 Å². The van der Waals surface area contributed by atoms with Crippen LogP contribution in [0.5, 0.6) is 5.75 Å². The zero-order chi connectivity index (χ0) is 28.2. The number of nitrogens with one attached hydrogen (secondary N) is 3. The van der Waals surface area contributed by atoms with E-state index in [0.29, 0.717) is 46.6 Å². The number of amides is 1. The van der Waals surface area contributed by atoms with Crippen LogP contribution in [0.3, 0.4) is 0 Å². The molecule has 2 atom stereocenters. The summed E-state index contributed by atoms with van der Waals surface area (Å²) in [6, 6.07) is 11.1. The summed E-state index contributed by atoms with van der Waals surface area (Å²) in [5.41, 5.74) is 2.14. The third kappa shape index (κ3) is 6.75. The molecule has 1 saturated heterocycles. The van der Waals surface area contributed by atoms with E-state index >= 15 is 0 Å². The van der Waals surface area contributed by atoms with Crippen molar-refractivity contribution in [3.8, 4) is 17.6 Å². The predicted molar refractivity (Wildman–Crippen MR) is 144 cm³/mol. The van der Waals surface area contributed by atoms with E-state index in [1.807, 2.05) is 11.9 Å². The van der Waals surface area contributed by atoms with Crippen LogP contribution >= 0.6 is 0 Å². The maximum atomic E-state index is 14.7. The lowest BCUT2D eigenvalue weighted by atomic mass is 10.0. The number of carbonyl (C=O) groups excluding carboxylic acids is 1. The van der Waals surface area contributed by atoms with Crippen LogP contribution in [-0.4, -0.2) is 74.6 Å². The molecule has 4 rings (SSSR count). The Morgan fingerprint density at radius 3 is 2.67 bits per heavy atom. The van der Waals surface area contributed by atoms with Gasteiger partial charge in [-0.25, -0.2) is 4.39 Å². The van der Waals surface area contributed by atoms with Crippen molar-refractivity contribution in [3.63, 3.8) is 0 Å². The topological polar surface area (TPSA) is 70.6 Å². The second-order valence-electron chi connectivity index (χ2n) is 9.44. The number of likely N-dealkylation sites (tertiary alicyclic amines) is 1. The van der Waals surface area contributed by atoms with Gasteiger partial charge in [0.1, 0.15) is 18.5 Å². The number of fused-ring (bicyclic) bond motifs is 1. The van der Waals surface area contributed by atoms with Gasteiger partial charge in [-0.05, 0) is 55.8 Å². The molecule has 7 nitrogen and oxygen atoms in total. The maximum absolute atomic E-state index is 14.7. The molecule has 1 aliphatic heterocycles. The van der Waals surface area contributed by atoms with Crippen molar-refractivity contribution in [1.82, 2.24) is 14.8 Å². The predicted octanol–water partition coefficient (Wildman–Crippen LogP) is 4.49. The summed E-state index contributed by atoms with van der Waals surface area (Å²) in [4.78, 5) is 13.8. The summed E-state index contributed by atoms with van der Waals surface area (Å²) in [6.45, 7) is -0.0580. The Kier molecular flexibility index (Phi) is 8.55. The summed E-state index contributed by atoms with van der Waals surface area (Å²) < 4.78 is 61.6. The van der Waals surface area contributed by atoms with Gasteiger partial charge < -0.3 is 30.2 Å². The molecule has 0 aliphatic carbocycles. The largest absolute Gasteiger partial charge is 0.495 e. The molecule has 1 aromatic heterocycles. The van der Waals surface area contributed by atoms with Crippen LogP contribution in [0.1, 0.15) is 22.5 Å². The first-order chi connectivity index (χ1) is 18.6. The normalized spacial score (nSPS) is 17.8. The molecular formula is C28H31F4N5O2. The molecule has 0 saturated carbocycles. The quantitative estimate of drug-likeness (QED) is 0.302. The van der Waals surface area contributed by atoms with Crippen molar-refractivity contribution < 1.29 is 27.1 Å². The van der Waals surface area contributed by atoms with Crippen molar-refractivity contribution in [1.29, 1.82) is 0 Å². The number of nitrogens with zero attached hydrogens (tertiary/aromatic N) is 2. The van der Waals surface area contributed by atoms with E-state index in [9.17, 15) is 22.4 Å². The van der Waals surface area contributed by atoms with Crippen molar-refractivity contribution in [2.75, 3.05) is 51.5 Å². The zero-order valence-corrected chi connectivity index (χ0v) is 22.0. The minimum atomic E-state index is -4.46. The molecule has 0 bridgehead atoms. The summed E-state index contributed by atoms with van der Waals surface area (Å²) in [5, 5.41) is 9.38. The highest BCUT2D eigenvalue weighted by Crippen LogP contribution is 2.32. The van der Waals surface area contributed by atoms with Crippen molar-refractivity contribution in [2.24, 2.45) is 0 Å². The monoisotopic (exact) mass is 545 g/mol. The molecule has 11 heteroatoms. The highest BCUT2D eigenvalue weighted by atomic mass is 19.4. The average molecular weight is 546 g/mol. The number of piperidine rings is 1. The molecule has 0 spiro atoms. The van der Waals surface area contributed by atoms with Crippen LogP contribution in [0.15, 0.2) is 42.5 Å². The average Bonchev–Trinajstić information content (AvgIpc) is 3.24. The molecule has 0 radical (unpaired) electrons. The number of hydrogen-bond acceptors (Lipinski definition) is 5. The number of methoxy groups -OCH3 is 1. The first kappa shape index (κ1) is 28.1. The highest BCUT2D eigenvalue weighted by Gasteiger charge is 2.31. The van der Waals surface area contributed by atoms with Gasteiger partial charge in [-0.2, -0.15) is 13.2 Å². The maximum Gasteiger partial charge on any atom is 0.406 e. The number of rotatable bonds is 7. The van der Waals surface area contributed by atoms with Gasteiger partial charge in [0.25, 0.3) is 5.91 Å². The number of alkyl halides is 4. The van der Waals surface area contributed by atoms with E-state index in [-0.39, 0.29) is 18.1 Å². The van der Waals surface area contributed by atoms with E-state index in [2.05, 4.69) is 27.8 Å². The van der Waals surface area contributed by atoms with Gasteiger partial charge >= 0.3 is 6.18 Å². The van der Waals surface area contributed by atoms with Crippen LogP contribution in [0.2, 0.25) is 0 Å². The molecule has 3 N–H and O–H groups in total. The van der Waals surface area contributed by atoms with Crippen LogP contribution in [0.25, 0.3) is 10.9 Å². The van der Waals surface area contributed by atoms with Gasteiger partial charge in [0.15, 0.2) is 0 Å². The van der Waals surface area contributed by atoms with Crippen LogP contribution in [0.4, 0.5) is 28.9 Å². The van der Waals surface area contributed by atoms with E-state index in [4.69, 9.17) is 4.74 Å². The van der Waals surface area contributed by atoms with E-state index in [1.54, 1.807) is 42.5 Å². The fourth-order valence-electron chi connectivity index (χ4n) is 4.68. The molecule has 1 amide bonds. The van der Waals surface area contributed by atoms with Crippen LogP contribution in [0, 0.1) is 11.8 Å². The summed E-state index contributed by atoms with van der Waals surface area (Å²) in [5.74, 6) is 5.90. The lowest BCUT2D eigenvalue weighted by Crippen LogP contribution is -2.46. The molecule has 2 heterocycles. The number of anilines is 2. The Bertz CT molecular complexity index is 1390. The number of halogens is 4. The van der Waals surface area contributed by atoms with E-state index in [0.717, 1.165) is 11.1 Å². The van der Waals surface area contributed by atoms with Gasteiger partial charge in [0, 0.05) is 36.8 Å². The molecule has 208 valence electrons. The second-order valence-corrected chi connectivity index (χ2v) is 9.44. The number of carbonyl (C=O) groups is 1. The first-order valence-corrected chi connectivity index (χ1v) is 12.5. The molecule has 2 aromatic carbocycles. The third-order valence-corrected chi connectivity index (χ3v) is 6.64. The molecule has 1 fully saturated rings. The Labute approximate surface area is 224 Å². The van der Waals surface area contributed by atoms with Gasteiger partial charge in [0.2, 0.25) is 0 Å². The Hall–Kier alpha value is -3.91. The standard InChI is InChI=1S/C28H31F4N5O2/c1-33-27(38)18-9-10-24(26(14-18)39-3)34-12-5-6-19-15-20-22(35-23-11-13-36(2)16-21(23)29)7-4-8-25(20)37(19)17-28(30,31)32/h4,7-10,14-15,21,23,34-35H,11-13,16-17H2,1-3H3,(H,33,38)/t21-,23+/m0/s1. The van der Waals surface area contributed by atoms with Gasteiger partial charge in [0.05, 0.1) is 36.6 Å². The summed E-state index contributed by atoms with van der Waals surface area (Å²) in [6.07, 6.45) is -4.96. The van der Waals surface area contributed by atoms with E-state index < -0.39 is 24.9 Å². The van der Waals surface area contributed by atoms with Crippen LogP contribution in [-0.2, 0) is 6.54 Å². The van der Waals surface area contributed by atoms with Crippen molar-refractivity contribution >= 4 is 28.2 Å². The first-order valence-electron chi connectivity index (χ1n) is 12.5. The minimum absolute atomic E-state index is 0.119. The van der Waals surface area contributed by atoms with E-state index in [1.165, 1.54) is 14.2 Å². The van der Waals surface area contributed by atoms with Gasteiger partial charge in [-0.1, -0.05) is 12.0 Å². The third-order valence-electron chi connectivity index (χ3n) is 6.64. The summed E-state index contributed by atoms with van der Waals surface area (Å²) in [7, 11) is 4.86. The van der Waals surface area contributed by atoms with Gasteiger partial charge in [-0.15, -0.1) is 0 Å². The minimum Gasteiger partial charge on any atom is -0.495 e. The molecule has 3 aromatic rings. The number of hydrogen-bond donors (Lipinski definition) is 3. The number of benzene rings is 2. The van der Waals surface area contributed by atoms with Crippen molar-refractivity contribution in [2.45, 2.75) is 31.4 Å². The highest BCUT2D eigenvalue weighted by molar-refractivity contribution is 5.95. The van der Waals surface area contributed by atoms with Crippen molar-refractivity contribution in [3.05, 3.63) is 53.7 Å². The molecule has 0 unspecified atom stereocenters. The zero-order valence-electron chi connectivity index (χ0n) is 22.0. The number of ether oxygens (including phenoxy) is 1. The Morgan fingerprint density at radius 2 is 1.97 bits per heavy atom. The SMILES string of the molecule is CNC(=O)c1ccc(NCC#Cc2cc3c(N[C@@H]4CCN(C)C[C@@H]4F)cccc3n2CC(F)(F)F)c(OC)c1. The number of aromatic nitrogens is 1. The fraction of sp³-hybridized carbons (Fsp3) is 0.393. The molecule has 39 heavy (non-hydrogen) atoms. The summed E-state index contributed by atoms with van der Waals surface area (Å²) >= 11 is 0. The lowest BCUT2D eigenvalue weighted by Gasteiger charge is -2.33. The molecule has 1 aliphatic rings. The fourth-order valence-corrected chi connectivity index (χ4v) is 4.68. The Balaban J connectivity index is 1.59. The Morgan fingerprint density at radius 1 is 1.18 bits per heavy atom. The lowest BCUT2D eigenvalue weighted by molar-refractivity contribution is -0.140. The molecular weight excluding hydrogens is 514 g/mol. The van der Waals surface area contributed by atoms with Crippen LogP contribution < -0.4 is 20.7 Å². The second kappa shape index (κ2) is 11.9.